The number of hydrogen-bond acceptors (Lipinski definition) is 3. The number of amides is 1. The average molecular weight is 352 g/mol. The Balaban J connectivity index is 1.53. The Labute approximate surface area is 134 Å². The summed E-state index contributed by atoms with van der Waals surface area (Å²) in [5.74, 6) is 0.259. The average Bonchev–Trinajstić information content (AvgIpc) is 3.00. The molecule has 5 heteroatoms. The molecule has 0 aromatic heterocycles. The summed E-state index contributed by atoms with van der Waals surface area (Å²) in [5, 5.41) is 3.38. The molecule has 1 unspecified atom stereocenters. The molecule has 3 rings (SSSR count). The van der Waals surface area contributed by atoms with Crippen LogP contribution < -0.4 is 5.32 Å². The highest BCUT2D eigenvalue weighted by Crippen LogP contribution is 2.18. The second-order valence-corrected chi connectivity index (χ2v) is 6.79. The van der Waals surface area contributed by atoms with Crippen LogP contribution in [0.25, 0.3) is 0 Å². The number of nitrogens with one attached hydrogen (secondary N) is 1. The number of nitrogens with zero attached hydrogens (tertiary/aromatic N) is 2. The first-order valence-corrected chi connectivity index (χ1v) is 8.48. The van der Waals surface area contributed by atoms with E-state index in [4.69, 9.17) is 0 Å². The van der Waals surface area contributed by atoms with Gasteiger partial charge in [0, 0.05) is 49.8 Å². The number of hydrogen-bond donors (Lipinski definition) is 1. The van der Waals surface area contributed by atoms with E-state index in [1.165, 1.54) is 0 Å². The minimum Gasteiger partial charge on any atom is -0.341 e. The molecule has 2 saturated heterocycles. The van der Waals surface area contributed by atoms with Crippen LogP contribution in [-0.4, -0.2) is 61.0 Å². The maximum atomic E-state index is 12.4. The zero-order valence-corrected chi connectivity index (χ0v) is 13.8. The predicted octanol–water partition coefficient (Wildman–Crippen LogP) is 1.50. The molecule has 4 nitrogen and oxygen atoms in total. The highest BCUT2D eigenvalue weighted by molar-refractivity contribution is 9.10. The van der Waals surface area contributed by atoms with Gasteiger partial charge in [0.15, 0.2) is 0 Å². The third-order valence-corrected chi connectivity index (χ3v) is 4.98. The highest BCUT2D eigenvalue weighted by atomic mass is 79.9. The van der Waals surface area contributed by atoms with Crippen LogP contribution in [0.5, 0.6) is 0 Å². The number of carbonyl (C=O) groups is 1. The van der Waals surface area contributed by atoms with Crippen molar-refractivity contribution in [2.24, 2.45) is 0 Å². The smallest absolute Gasteiger partial charge is 0.227 e. The van der Waals surface area contributed by atoms with Gasteiger partial charge in [-0.1, -0.05) is 28.1 Å². The van der Waals surface area contributed by atoms with Crippen LogP contribution in [0.3, 0.4) is 0 Å². The van der Waals surface area contributed by atoms with Crippen molar-refractivity contribution >= 4 is 21.8 Å². The van der Waals surface area contributed by atoms with Crippen LogP contribution in [0.1, 0.15) is 12.0 Å². The van der Waals surface area contributed by atoms with Gasteiger partial charge in [0.25, 0.3) is 0 Å². The molecular weight excluding hydrogens is 330 g/mol. The molecule has 1 N–H and O–H groups in total. The summed E-state index contributed by atoms with van der Waals surface area (Å²) in [7, 11) is 0. The van der Waals surface area contributed by atoms with Gasteiger partial charge in [-0.15, -0.1) is 0 Å². The minimum absolute atomic E-state index is 0.259. The van der Waals surface area contributed by atoms with Crippen LogP contribution in [-0.2, 0) is 11.2 Å². The van der Waals surface area contributed by atoms with Crippen molar-refractivity contribution in [1.29, 1.82) is 0 Å². The Bertz CT molecular complexity index is 485. The summed E-state index contributed by atoms with van der Waals surface area (Å²) in [6.45, 7) is 6.17. The largest absolute Gasteiger partial charge is 0.341 e. The van der Waals surface area contributed by atoms with E-state index >= 15 is 0 Å². The van der Waals surface area contributed by atoms with Crippen molar-refractivity contribution in [3.8, 4) is 0 Å². The SMILES string of the molecule is O=C(Cc1ccc(Br)cc1)N1CCC(N2CCNCC2)C1. The molecule has 1 aromatic rings. The molecule has 1 amide bonds. The molecule has 2 aliphatic heterocycles. The quantitative estimate of drug-likeness (QED) is 0.896. The molecule has 114 valence electrons. The van der Waals surface area contributed by atoms with E-state index in [0.717, 1.165) is 55.7 Å². The molecule has 2 fully saturated rings. The summed E-state index contributed by atoms with van der Waals surface area (Å²) in [5.41, 5.74) is 1.09. The molecule has 0 bridgehead atoms. The Hall–Kier alpha value is -0.910. The highest BCUT2D eigenvalue weighted by Gasteiger charge is 2.30. The van der Waals surface area contributed by atoms with E-state index in [-0.39, 0.29) is 5.91 Å². The summed E-state index contributed by atoms with van der Waals surface area (Å²) in [6.07, 6.45) is 1.63. The second-order valence-electron chi connectivity index (χ2n) is 5.87. The van der Waals surface area contributed by atoms with Gasteiger partial charge in [-0.25, -0.2) is 0 Å². The lowest BCUT2D eigenvalue weighted by Crippen LogP contribution is -2.49. The van der Waals surface area contributed by atoms with Gasteiger partial charge in [0.05, 0.1) is 6.42 Å². The van der Waals surface area contributed by atoms with Gasteiger partial charge in [-0.05, 0) is 24.1 Å². The maximum absolute atomic E-state index is 12.4. The van der Waals surface area contributed by atoms with Gasteiger partial charge >= 0.3 is 0 Å². The van der Waals surface area contributed by atoms with E-state index in [9.17, 15) is 4.79 Å². The number of rotatable bonds is 3. The first-order valence-electron chi connectivity index (χ1n) is 7.69. The lowest BCUT2D eigenvalue weighted by molar-refractivity contribution is -0.129. The van der Waals surface area contributed by atoms with Crippen LogP contribution in [0.2, 0.25) is 0 Å². The van der Waals surface area contributed by atoms with Crippen molar-refractivity contribution in [3.05, 3.63) is 34.3 Å². The summed E-state index contributed by atoms with van der Waals surface area (Å²) in [6, 6.07) is 8.59. The van der Waals surface area contributed by atoms with E-state index < -0.39 is 0 Å². The zero-order valence-electron chi connectivity index (χ0n) is 12.2. The molecule has 0 spiro atoms. The first-order chi connectivity index (χ1) is 10.2. The Morgan fingerprint density at radius 1 is 1.19 bits per heavy atom. The van der Waals surface area contributed by atoms with E-state index in [2.05, 4.69) is 26.1 Å². The molecule has 2 aliphatic rings. The summed E-state index contributed by atoms with van der Waals surface area (Å²) >= 11 is 3.42. The predicted molar refractivity (Wildman–Crippen MR) is 87.3 cm³/mol. The van der Waals surface area contributed by atoms with Crippen LogP contribution in [0.15, 0.2) is 28.7 Å². The van der Waals surface area contributed by atoms with Gasteiger partial charge in [-0.3, -0.25) is 9.69 Å². The van der Waals surface area contributed by atoms with Gasteiger partial charge in [0.2, 0.25) is 5.91 Å². The molecule has 1 aromatic carbocycles. The van der Waals surface area contributed by atoms with Crippen LogP contribution >= 0.6 is 15.9 Å². The molecule has 0 aliphatic carbocycles. The standard InChI is InChI=1S/C16H22BrN3O/c17-14-3-1-13(2-4-14)11-16(21)20-8-5-15(12-20)19-9-6-18-7-10-19/h1-4,15,18H,5-12H2. The Morgan fingerprint density at radius 3 is 2.62 bits per heavy atom. The van der Waals surface area contributed by atoms with Crippen LogP contribution in [0, 0.1) is 0 Å². The Morgan fingerprint density at radius 2 is 1.90 bits per heavy atom. The second kappa shape index (κ2) is 6.90. The van der Waals surface area contributed by atoms with Crippen molar-refractivity contribution < 1.29 is 4.79 Å². The van der Waals surface area contributed by atoms with E-state index in [1.54, 1.807) is 0 Å². The third-order valence-electron chi connectivity index (χ3n) is 4.45. The molecule has 0 saturated carbocycles. The number of carbonyl (C=O) groups excluding carboxylic acids is 1. The first kappa shape index (κ1) is 15.0. The minimum atomic E-state index is 0.259. The van der Waals surface area contributed by atoms with Crippen molar-refractivity contribution in [3.63, 3.8) is 0 Å². The normalized spacial score (nSPS) is 23.5. The maximum Gasteiger partial charge on any atom is 0.227 e. The monoisotopic (exact) mass is 351 g/mol. The van der Waals surface area contributed by atoms with Gasteiger partial charge in [0.1, 0.15) is 0 Å². The topological polar surface area (TPSA) is 35.6 Å². The van der Waals surface area contributed by atoms with Gasteiger partial charge in [-0.2, -0.15) is 0 Å². The number of likely N-dealkylation sites (tertiary alicyclic amines) is 1. The molecule has 21 heavy (non-hydrogen) atoms. The lowest BCUT2D eigenvalue weighted by Gasteiger charge is -2.32. The lowest BCUT2D eigenvalue weighted by atomic mass is 10.1. The third kappa shape index (κ3) is 3.84. The Kier molecular flexibility index (Phi) is 4.93. The van der Waals surface area contributed by atoms with Gasteiger partial charge < -0.3 is 10.2 Å². The fraction of sp³-hybridized carbons (Fsp3) is 0.562. The van der Waals surface area contributed by atoms with Crippen molar-refractivity contribution in [2.75, 3.05) is 39.3 Å². The molecular formula is C16H22BrN3O. The van der Waals surface area contributed by atoms with Crippen molar-refractivity contribution in [2.45, 2.75) is 18.9 Å². The number of piperazine rings is 1. The summed E-state index contributed by atoms with van der Waals surface area (Å²) < 4.78 is 1.05. The molecule has 2 heterocycles. The van der Waals surface area contributed by atoms with E-state index in [0.29, 0.717) is 12.5 Å². The van der Waals surface area contributed by atoms with Crippen LogP contribution in [0.4, 0.5) is 0 Å². The zero-order chi connectivity index (χ0) is 14.7. The fourth-order valence-electron chi connectivity index (χ4n) is 3.20. The fourth-order valence-corrected chi connectivity index (χ4v) is 3.47. The summed E-state index contributed by atoms with van der Waals surface area (Å²) in [4.78, 5) is 17.0. The van der Waals surface area contributed by atoms with Crippen molar-refractivity contribution in [1.82, 2.24) is 15.1 Å². The number of halogens is 1. The number of benzene rings is 1. The molecule has 1 atom stereocenters. The molecule has 0 radical (unpaired) electrons. The van der Waals surface area contributed by atoms with E-state index in [1.807, 2.05) is 29.2 Å².